The highest BCUT2D eigenvalue weighted by atomic mass is 16.1. The van der Waals surface area contributed by atoms with E-state index in [0.29, 0.717) is 5.95 Å². The third-order valence-electron chi connectivity index (χ3n) is 6.39. The average molecular weight is 532 g/mol. The van der Waals surface area contributed by atoms with Crippen LogP contribution in [0.25, 0.3) is 11.0 Å². The van der Waals surface area contributed by atoms with Gasteiger partial charge < -0.3 is 20.4 Å². The minimum Gasteiger partial charge on any atom is -0.369 e. The molecule has 0 unspecified atom stereocenters. The van der Waals surface area contributed by atoms with Crippen LogP contribution in [-0.4, -0.2) is 74.7 Å². The number of nitrogens with one attached hydrogen (secondary N) is 3. The number of anilines is 3. The van der Waals surface area contributed by atoms with Crippen LogP contribution >= 0.6 is 0 Å². The first-order chi connectivity index (χ1) is 18.5. The first kappa shape index (κ1) is 27.8. The number of allylic oxidation sites excluding steroid dienone is 2. The van der Waals surface area contributed by atoms with E-state index < -0.39 is 5.54 Å². The van der Waals surface area contributed by atoms with Crippen molar-refractivity contribution in [1.82, 2.24) is 29.5 Å². The maximum atomic E-state index is 13.1. The summed E-state index contributed by atoms with van der Waals surface area (Å²) in [4.78, 5) is 39.0. The zero-order valence-electron chi connectivity index (χ0n) is 23.3. The first-order valence-corrected chi connectivity index (χ1v) is 13.0. The lowest BCUT2D eigenvalue weighted by atomic mass is 10.1. The number of carbonyl (C=O) groups excluding carboxylic acids is 1. The van der Waals surface area contributed by atoms with Crippen molar-refractivity contribution < 1.29 is 4.79 Å². The van der Waals surface area contributed by atoms with Crippen molar-refractivity contribution in [1.29, 1.82) is 5.41 Å². The number of benzene rings is 1. The summed E-state index contributed by atoms with van der Waals surface area (Å²) in [7, 11) is 2.14. The number of rotatable bonds is 7. The third-order valence-corrected chi connectivity index (χ3v) is 6.39. The Hall–Kier alpha value is -4.25. The fraction of sp³-hybridized carbons (Fsp3) is 0.393. The third kappa shape index (κ3) is 6.43. The van der Waals surface area contributed by atoms with Crippen LogP contribution in [0.5, 0.6) is 0 Å². The van der Waals surface area contributed by atoms with Crippen LogP contribution in [0, 0.1) is 12.3 Å². The van der Waals surface area contributed by atoms with Gasteiger partial charge in [-0.3, -0.25) is 15.0 Å². The molecule has 0 radical (unpaired) electrons. The number of hydrogen-bond acceptors (Lipinski definition) is 8. The number of nitrogens with zero attached hydrogens (tertiary/aromatic N) is 6. The lowest BCUT2D eigenvalue weighted by molar-refractivity contribution is -0.117. The van der Waals surface area contributed by atoms with E-state index in [0.717, 1.165) is 37.4 Å². The molecule has 4 rings (SSSR count). The summed E-state index contributed by atoms with van der Waals surface area (Å²) in [5.41, 5.74) is 2.66. The van der Waals surface area contributed by atoms with Crippen LogP contribution in [0.3, 0.4) is 0 Å². The minimum atomic E-state index is -0.413. The van der Waals surface area contributed by atoms with E-state index in [1.165, 1.54) is 33.4 Å². The minimum absolute atomic E-state index is 0.0926. The second kappa shape index (κ2) is 11.2. The van der Waals surface area contributed by atoms with Gasteiger partial charge in [-0.15, -0.1) is 6.58 Å². The molecule has 3 N–H and O–H groups in total. The Balaban J connectivity index is 1.63. The van der Waals surface area contributed by atoms with Crippen LogP contribution in [0.2, 0.25) is 0 Å². The number of piperazine rings is 1. The molecule has 2 aromatic heterocycles. The second-order valence-corrected chi connectivity index (χ2v) is 10.8. The summed E-state index contributed by atoms with van der Waals surface area (Å²) in [5, 5.41) is 14.9. The van der Waals surface area contributed by atoms with Gasteiger partial charge in [-0.1, -0.05) is 6.08 Å². The highest BCUT2D eigenvalue weighted by Crippen LogP contribution is 2.26. The van der Waals surface area contributed by atoms with Gasteiger partial charge in [-0.2, -0.15) is 4.98 Å². The van der Waals surface area contributed by atoms with E-state index in [2.05, 4.69) is 63.1 Å². The van der Waals surface area contributed by atoms with Gasteiger partial charge in [0.05, 0.1) is 6.54 Å². The molecule has 1 fully saturated rings. The largest absolute Gasteiger partial charge is 0.369 e. The van der Waals surface area contributed by atoms with Gasteiger partial charge >= 0.3 is 0 Å². The Bertz CT molecular complexity index is 1490. The Morgan fingerprint density at radius 1 is 1.18 bits per heavy atom. The lowest BCUT2D eigenvalue weighted by Gasteiger charge is -2.35. The van der Waals surface area contributed by atoms with Gasteiger partial charge in [-0.05, 0) is 64.6 Å². The highest BCUT2D eigenvalue weighted by molar-refractivity contribution is 6.02. The molecule has 3 heterocycles. The van der Waals surface area contributed by atoms with Gasteiger partial charge in [0.15, 0.2) is 5.65 Å². The lowest BCUT2D eigenvalue weighted by Crippen LogP contribution is -2.44. The second-order valence-electron chi connectivity index (χ2n) is 10.8. The summed E-state index contributed by atoms with van der Waals surface area (Å²) >= 11 is 0. The number of fused-ring (bicyclic) bond motifs is 1. The Kier molecular flexibility index (Phi) is 8.01. The van der Waals surface area contributed by atoms with E-state index >= 15 is 0 Å². The summed E-state index contributed by atoms with van der Waals surface area (Å²) in [6.45, 7) is 15.6. The molecule has 1 aromatic carbocycles. The van der Waals surface area contributed by atoms with Gasteiger partial charge in [0.2, 0.25) is 11.9 Å². The number of amides is 1. The molecule has 1 amide bonds. The van der Waals surface area contributed by atoms with Crippen LogP contribution in [0.4, 0.5) is 17.3 Å². The van der Waals surface area contributed by atoms with Gasteiger partial charge in [0, 0.05) is 55.4 Å². The van der Waals surface area contributed by atoms with Crippen LogP contribution < -0.4 is 21.1 Å². The zero-order valence-corrected chi connectivity index (χ0v) is 23.3. The molecule has 1 saturated heterocycles. The molecular formula is C28H37N9O2. The van der Waals surface area contributed by atoms with Crippen LogP contribution in [0.1, 0.15) is 26.3 Å². The number of hydrogen-bond donors (Lipinski definition) is 3. The number of aromatic nitrogens is 4. The first-order valence-electron chi connectivity index (χ1n) is 13.0. The van der Waals surface area contributed by atoms with Crippen molar-refractivity contribution in [2.45, 2.75) is 39.8 Å². The molecule has 3 aromatic rings. The fourth-order valence-corrected chi connectivity index (χ4v) is 4.52. The topological polar surface area (TPSA) is 124 Å². The van der Waals surface area contributed by atoms with E-state index in [9.17, 15) is 9.59 Å². The molecule has 1 aliphatic heterocycles. The van der Waals surface area contributed by atoms with Crippen molar-refractivity contribution in [3.63, 3.8) is 0 Å². The zero-order chi connectivity index (χ0) is 28.3. The smallest absolute Gasteiger partial charge is 0.278 e. The van der Waals surface area contributed by atoms with Crippen molar-refractivity contribution in [3.05, 3.63) is 65.1 Å². The fourth-order valence-electron chi connectivity index (χ4n) is 4.52. The van der Waals surface area contributed by atoms with E-state index in [1.807, 2.05) is 26.8 Å². The van der Waals surface area contributed by atoms with Gasteiger partial charge in [0.25, 0.3) is 5.56 Å². The standard InChI is InChI=1S/C28H37N9O2/c1-7-12-36-26(39)21-18-30-27(32-25(21)37(36)23(29)10-11-24(38)33-28(3,4)5)31-20-8-9-22(19(2)17-20)35-15-13-34(6)14-16-35/h7-11,17-18,29H,1,12-16H2,2-6H3,(H,33,38)(H,30,31,32)/b11-10-,29-23?. The number of aryl methyl sites for hydroxylation is 1. The summed E-state index contributed by atoms with van der Waals surface area (Å²) in [6.07, 6.45) is 5.64. The Labute approximate surface area is 228 Å². The van der Waals surface area contributed by atoms with E-state index in [4.69, 9.17) is 5.41 Å². The molecule has 0 saturated carbocycles. The quantitative estimate of drug-likeness (QED) is 0.185. The van der Waals surface area contributed by atoms with E-state index in [-0.39, 0.29) is 34.9 Å². The van der Waals surface area contributed by atoms with Gasteiger partial charge in [0.1, 0.15) is 11.2 Å². The van der Waals surface area contributed by atoms with Crippen molar-refractivity contribution in [3.8, 4) is 0 Å². The maximum Gasteiger partial charge on any atom is 0.278 e. The highest BCUT2D eigenvalue weighted by Gasteiger charge is 2.19. The Morgan fingerprint density at radius 3 is 2.54 bits per heavy atom. The average Bonchev–Trinajstić information content (AvgIpc) is 3.13. The number of likely N-dealkylation sites (N-methyl/N-ethyl adjacent to an activating group) is 1. The van der Waals surface area contributed by atoms with Crippen LogP contribution in [-0.2, 0) is 11.3 Å². The van der Waals surface area contributed by atoms with Crippen molar-refractivity contribution in [2.24, 2.45) is 0 Å². The summed E-state index contributed by atoms with van der Waals surface area (Å²) < 4.78 is 2.72. The molecule has 0 spiro atoms. The number of carbonyl (C=O) groups is 1. The SMILES string of the molecule is C=CCn1c(=O)c2cnc(Nc3ccc(N4CCN(C)CC4)c(C)c3)nc2n1C(=N)/C=C\C(=O)NC(C)(C)C. The maximum absolute atomic E-state index is 13.1. The predicted molar refractivity (Wildman–Crippen MR) is 156 cm³/mol. The Morgan fingerprint density at radius 2 is 1.90 bits per heavy atom. The molecule has 0 aliphatic carbocycles. The molecule has 0 bridgehead atoms. The molecule has 0 atom stereocenters. The molecule has 206 valence electrons. The molecular weight excluding hydrogens is 494 g/mol. The molecule has 39 heavy (non-hydrogen) atoms. The van der Waals surface area contributed by atoms with Gasteiger partial charge in [-0.25, -0.2) is 14.3 Å². The molecule has 11 nitrogen and oxygen atoms in total. The molecule has 1 aliphatic rings. The summed E-state index contributed by atoms with van der Waals surface area (Å²) in [6, 6.07) is 6.14. The monoisotopic (exact) mass is 531 g/mol. The normalized spacial score (nSPS) is 14.6. The molecule has 11 heteroatoms. The van der Waals surface area contributed by atoms with Crippen molar-refractivity contribution in [2.75, 3.05) is 43.4 Å². The van der Waals surface area contributed by atoms with E-state index in [1.54, 1.807) is 6.08 Å². The van der Waals surface area contributed by atoms with Crippen LogP contribution in [0.15, 0.2) is 54.0 Å². The van der Waals surface area contributed by atoms with Crippen molar-refractivity contribution >= 4 is 40.1 Å². The summed E-state index contributed by atoms with van der Waals surface area (Å²) in [5.74, 6) is -0.139. The predicted octanol–water partition coefficient (Wildman–Crippen LogP) is 2.88.